The number of benzene rings is 1. The van der Waals surface area contributed by atoms with Gasteiger partial charge in [0.2, 0.25) is 0 Å². The van der Waals surface area contributed by atoms with E-state index in [2.05, 4.69) is 13.8 Å². The molecule has 2 amide bonds. The van der Waals surface area contributed by atoms with Crippen LogP contribution in [0.15, 0.2) is 30.0 Å². The molecule has 1 aromatic carbocycles. The Labute approximate surface area is 153 Å². The lowest BCUT2D eigenvalue weighted by molar-refractivity contribution is -0.138. The summed E-state index contributed by atoms with van der Waals surface area (Å²) in [6, 6.07) is 5.76. The summed E-state index contributed by atoms with van der Waals surface area (Å²) in [5.41, 5.74) is 1.38. The van der Waals surface area contributed by atoms with Crippen molar-refractivity contribution >= 4 is 17.4 Å². The molecule has 3 rings (SSSR count). The van der Waals surface area contributed by atoms with E-state index in [9.17, 15) is 14.0 Å². The minimum absolute atomic E-state index is 0.210. The van der Waals surface area contributed by atoms with Crippen LogP contribution >= 0.6 is 0 Å². The van der Waals surface area contributed by atoms with E-state index in [1.807, 2.05) is 4.90 Å². The van der Waals surface area contributed by atoms with Gasteiger partial charge in [-0.1, -0.05) is 26.0 Å². The molecule has 1 saturated heterocycles. The van der Waals surface area contributed by atoms with Crippen molar-refractivity contribution in [1.29, 1.82) is 0 Å². The number of methoxy groups -OCH3 is 1. The molecular formula is C20H25FN2O3. The number of ether oxygens (including phenoxy) is 1. The molecule has 6 heteroatoms. The predicted molar refractivity (Wildman–Crippen MR) is 96.4 cm³/mol. The van der Waals surface area contributed by atoms with Gasteiger partial charge in [0.05, 0.1) is 18.7 Å². The molecule has 1 aromatic rings. The van der Waals surface area contributed by atoms with Crippen LogP contribution < -0.4 is 0 Å². The molecule has 1 fully saturated rings. The molecule has 140 valence electrons. The summed E-state index contributed by atoms with van der Waals surface area (Å²) in [4.78, 5) is 29.3. The molecule has 0 radical (unpaired) electrons. The van der Waals surface area contributed by atoms with Crippen LogP contribution in [-0.2, 0) is 14.3 Å². The van der Waals surface area contributed by atoms with Gasteiger partial charge < -0.3 is 9.64 Å². The fourth-order valence-electron chi connectivity index (χ4n) is 3.96. The lowest BCUT2D eigenvalue weighted by Crippen LogP contribution is -2.42. The summed E-state index contributed by atoms with van der Waals surface area (Å²) < 4.78 is 18.4. The first-order valence-electron chi connectivity index (χ1n) is 9.02. The van der Waals surface area contributed by atoms with E-state index in [-0.39, 0.29) is 30.8 Å². The average Bonchev–Trinajstić information content (AvgIpc) is 2.83. The van der Waals surface area contributed by atoms with Crippen molar-refractivity contribution in [2.45, 2.75) is 20.3 Å². The van der Waals surface area contributed by atoms with Gasteiger partial charge in [-0.3, -0.25) is 14.5 Å². The van der Waals surface area contributed by atoms with Crippen LogP contribution in [0.25, 0.3) is 5.57 Å². The highest BCUT2D eigenvalue weighted by Crippen LogP contribution is 2.34. The first kappa shape index (κ1) is 18.6. The fourth-order valence-corrected chi connectivity index (χ4v) is 3.96. The lowest BCUT2D eigenvalue weighted by atomic mass is 9.91. The molecule has 0 aromatic heterocycles. The second kappa shape index (κ2) is 7.58. The number of nitrogens with zero attached hydrogens (tertiary/aromatic N) is 2. The third-order valence-electron chi connectivity index (χ3n) is 4.98. The van der Waals surface area contributed by atoms with Crippen molar-refractivity contribution < 1.29 is 18.7 Å². The molecule has 0 bridgehead atoms. The van der Waals surface area contributed by atoms with Crippen molar-refractivity contribution in [1.82, 2.24) is 9.80 Å². The molecule has 0 aliphatic carbocycles. The third-order valence-corrected chi connectivity index (χ3v) is 4.98. The summed E-state index contributed by atoms with van der Waals surface area (Å²) in [5.74, 6) is -0.107. The van der Waals surface area contributed by atoms with Gasteiger partial charge in [-0.15, -0.1) is 0 Å². The molecule has 26 heavy (non-hydrogen) atoms. The maximum absolute atomic E-state index is 13.3. The lowest BCUT2D eigenvalue weighted by Gasteiger charge is -2.37. The van der Waals surface area contributed by atoms with Crippen LogP contribution in [0, 0.1) is 17.7 Å². The van der Waals surface area contributed by atoms with E-state index in [0.29, 0.717) is 28.7 Å². The quantitative estimate of drug-likeness (QED) is 0.757. The molecule has 2 aliphatic rings. The summed E-state index contributed by atoms with van der Waals surface area (Å²) in [6.45, 7) is 6.29. The number of hydrogen-bond acceptors (Lipinski definition) is 4. The molecule has 0 saturated carbocycles. The van der Waals surface area contributed by atoms with Gasteiger partial charge in [-0.05, 0) is 36.0 Å². The van der Waals surface area contributed by atoms with Gasteiger partial charge >= 0.3 is 0 Å². The molecular weight excluding hydrogens is 335 g/mol. The Bertz CT molecular complexity index is 719. The van der Waals surface area contributed by atoms with Crippen molar-refractivity contribution in [3.8, 4) is 0 Å². The number of carbonyl (C=O) groups excluding carboxylic acids is 2. The maximum Gasteiger partial charge on any atom is 0.277 e. The Morgan fingerprint density at radius 3 is 2.27 bits per heavy atom. The van der Waals surface area contributed by atoms with Crippen LogP contribution in [0.3, 0.4) is 0 Å². The minimum atomic E-state index is -0.371. The number of imide groups is 1. The molecule has 2 atom stereocenters. The number of likely N-dealkylation sites (tertiary alicyclic amines) is 1. The van der Waals surface area contributed by atoms with E-state index in [1.54, 1.807) is 12.1 Å². The van der Waals surface area contributed by atoms with Crippen LogP contribution in [0.5, 0.6) is 0 Å². The van der Waals surface area contributed by atoms with Crippen LogP contribution in [0.2, 0.25) is 0 Å². The maximum atomic E-state index is 13.3. The zero-order valence-corrected chi connectivity index (χ0v) is 15.5. The Hall–Kier alpha value is -2.21. The highest BCUT2D eigenvalue weighted by molar-refractivity contribution is 6.35. The van der Waals surface area contributed by atoms with Gasteiger partial charge in [0.1, 0.15) is 11.5 Å². The molecule has 2 unspecified atom stereocenters. The SMILES string of the molecule is COCCN1C(=O)C(c2ccc(F)cc2)=C(N2CC(C)CC(C)C2)C1=O. The highest BCUT2D eigenvalue weighted by atomic mass is 19.1. The van der Waals surface area contributed by atoms with E-state index in [1.165, 1.54) is 24.1 Å². The van der Waals surface area contributed by atoms with Crippen LogP contribution in [0.4, 0.5) is 4.39 Å². The topological polar surface area (TPSA) is 49.9 Å². The van der Waals surface area contributed by atoms with Gasteiger partial charge in [0, 0.05) is 20.2 Å². The second-order valence-electron chi connectivity index (χ2n) is 7.34. The number of rotatable bonds is 5. The molecule has 0 N–H and O–H groups in total. The van der Waals surface area contributed by atoms with Gasteiger partial charge in [-0.2, -0.15) is 0 Å². The monoisotopic (exact) mass is 360 g/mol. The number of halogens is 1. The van der Waals surface area contributed by atoms with E-state index < -0.39 is 0 Å². The Morgan fingerprint density at radius 1 is 1.08 bits per heavy atom. The summed E-state index contributed by atoms with van der Waals surface area (Å²) in [6.07, 6.45) is 1.10. The minimum Gasteiger partial charge on any atom is -0.383 e. The Morgan fingerprint density at radius 2 is 1.69 bits per heavy atom. The van der Waals surface area contributed by atoms with Gasteiger partial charge in [0.25, 0.3) is 11.8 Å². The standard InChI is InChI=1S/C20H25FN2O3/c1-13-10-14(2)12-22(11-13)18-17(15-4-6-16(21)7-5-15)19(24)23(20(18)25)8-9-26-3/h4-7,13-14H,8-12H2,1-3H3. The summed E-state index contributed by atoms with van der Waals surface area (Å²) in [7, 11) is 1.54. The normalized spacial score (nSPS) is 24.0. The number of amides is 2. The van der Waals surface area contributed by atoms with Crippen molar-refractivity contribution in [3.63, 3.8) is 0 Å². The highest BCUT2D eigenvalue weighted by Gasteiger charge is 2.42. The summed E-state index contributed by atoms with van der Waals surface area (Å²) in [5, 5.41) is 0. The third kappa shape index (κ3) is 3.51. The number of carbonyl (C=O) groups is 2. The van der Waals surface area contributed by atoms with E-state index in [4.69, 9.17) is 4.74 Å². The smallest absolute Gasteiger partial charge is 0.277 e. The molecule has 0 spiro atoms. The molecule has 5 nitrogen and oxygen atoms in total. The number of hydrogen-bond donors (Lipinski definition) is 0. The molecule has 2 aliphatic heterocycles. The van der Waals surface area contributed by atoms with Crippen LogP contribution in [0.1, 0.15) is 25.8 Å². The average molecular weight is 360 g/mol. The van der Waals surface area contributed by atoms with Crippen LogP contribution in [-0.4, -0.2) is 55.0 Å². The predicted octanol–water partition coefficient (Wildman–Crippen LogP) is 2.53. The summed E-state index contributed by atoms with van der Waals surface area (Å²) >= 11 is 0. The Balaban J connectivity index is 2.04. The van der Waals surface area contributed by atoms with Gasteiger partial charge in [0.15, 0.2) is 0 Å². The van der Waals surface area contributed by atoms with E-state index in [0.717, 1.165) is 19.5 Å². The molecule has 2 heterocycles. The largest absolute Gasteiger partial charge is 0.383 e. The second-order valence-corrected chi connectivity index (χ2v) is 7.34. The van der Waals surface area contributed by atoms with Crippen molar-refractivity contribution in [2.24, 2.45) is 11.8 Å². The Kier molecular flexibility index (Phi) is 5.41. The fraction of sp³-hybridized carbons (Fsp3) is 0.500. The zero-order chi connectivity index (χ0) is 18.8. The van der Waals surface area contributed by atoms with Crippen molar-refractivity contribution in [2.75, 3.05) is 33.4 Å². The first-order valence-corrected chi connectivity index (χ1v) is 9.02. The van der Waals surface area contributed by atoms with Crippen molar-refractivity contribution in [3.05, 3.63) is 41.3 Å². The van der Waals surface area contributed by atoms with E-state index >= 15 is 0 Å². The first-order chi connectivity index (χ1) is 12.4. The van der Waals surface area contributed by atoms with Gasteiger partial charge in [-0.25, -0.2) is 4.39 Å². The zero-order valence-electron chi connectivity index (χ0n) is 15.5. The number of piperidine rings is 1.